The van der Waals surface area contributed by atoms with Gasteiger partial charge in [-0.1, -0.05) is 69.2 Å². The molecule has 0 fully saturated rings. The van der Waals surface area contributed by atoms with Crippen molar-refractivity contribution in [1.29, 1.82) is 0 Å². The van der Waals surface area contributed by atoms with Gasteiger partial charge in [-0.15, -0.1) is 0 Å². The third kappa shape index (κ3) is 11.9. The van der Waals surface area contributed by atoms with E-state index in [1.165, 1.54) is 44.9 Å². The van der Waals surface area contributed by atoms with Gasteiger partial charge < -0.3 is 9.84 Å². The number of halogens is 1. The van der Waals surface area contributed by atoms with Gasteiger partial charge in [0.1, 0.15) is 0 Å². The molecule has 0 aromatic heterocycles. The molecule has 0 aliphatic carbocycles. The number of aliphatic hydroxyl groups is 1. The van der Waals surface area contributed by atoms with Crippen molar-refractivity contribution in [3.63, 3.8) is 0 Å². The SMILES string of the molecule is CCCCCCCCCSCC(O)COCc1ccc(Cl)cc1. The summed E-state index contributed by atoms with van der Waals surface area (Å²) in [6.45, 7) is 3.17. The van der Waals surface area contributed by atoms with Crippen LogP contribution in [0.25, 0.3) is 0 Å². The average molecular weight is 359 g/mol. The van der Waals surface area contributed by atoms with Gasteiger partial charge >= 0.3 is 0 Å². The van der Waals surface area contributed by atoms with Crippen molar-refractivity contribution in [3.05, 3.63) is 34.9 Å². The number of hydrogen-bond donors (Lipinski definition) is 1. The van der Waals surface area contributed by atoms with Crippen LogP contribution in [0, 0.1) is 0 Å². The highest BCUT2D eigenvalue weighted by Gasteiger charge is 2.04. The lowest BCUT2D eigenvalue weighted by Crippen LogP contribution is -2.18. The number of unbranched alkanes of at least 4 members (excludes halogenated alkanes) is 6. The Kier molecular flexibility index (Phi) is 12.8. The molecule has 0 amide bonds. The van der Waals surface area contributed by atoms with Crippen molar-refractivity contribution in [2.24, 2.45) is 0 Å². The topological polar surface area (TPSA) is 29.5 Å². The zero-order chi connectivity index (χ0) is 16.8. The van der Waals surface area contributed by atoms with Crippen LogP contribution in [0.15, 0.2) is 24.3 Å². The van der Waals surface area contributed by atoms with Crippen molar-refractivity contribution < 1.29 is 9.84 Å². The summed E-state index contributed by atoms with van der Waals surface area (Å²) < 4.78 is 5.55. The minimum absolute atomic E-state index is 0.378. The Morgan fingerprint density at radius 2 is 1.70 bits per heavy atom. The maximum Gasteiger partial charge on any atom is 0.0863 e. The molecule has 1 aromatic carbocycles. The molecule has 1 unspecified atom stereocenters. The summed E-state index contributed by atoms with van der Waals surface area (Å²) in [5, 5.41) is 10.6. The van der Waals surface area contributed by atoms with Crippen LogP contribution in [0.5, 0.6) is 0 Å². The number of aliphatic hydroxyl groups excluding tert-OH is 1. The molecule has 23 heavy (non-hydrogen) atoms. The normalized spacial score (nSPS) is 12.5. The average Bonchev–Trinajstić information content (AvgIpc) is 2.55. The largest absolute Gasteiger partial charge is 0.390 e. The molecule has 0 spiro atoms. The van der Waals surface area contributed by atoms with E-state index in [1.54, 1.807) is 0 Å². The number of thioether (sulfide) groups is 1. The van der Waals surface area contributed by atoms with Gasteiger partial charge in [0.15, 0.2) is 0 Å². The molecule has 1 atom stereocenters. The molecule has 0 aliphatic rings. The van der Waals surface area contributed by atoms with Crippen LogP contribution in [-0.2, 0) is 11.3 Å². The quantitative estimate of drug-likeness (QED) is 0.432. The second-order valence-corrected chi connectivity index (χ2v) is 7.58. The zero-order valence-corrected chi connectivity index (χ0v) is 15.9. The Hall–Kier alpha value is -0.220. The van der Waals surface area contributed by atoms with Gasteiger partial charge in [0.2, 0.25) is 0 Å². The minimum atomic E-state index is -0.378. The lowest BCUT2D eigenvalue weighted by Gasteiger charge is -2.11. The number of hydrogen-bond acceptors (Lipinski definition) is 3. The molecule has 0 aliphatic heterocycles. The molecular weight excluding hydrogens is 328 g/mol. The fourth-order valence-corrected chi connectivity index (χ4v) is 3.39. The van der Waals surface area contributed by atoms with Gasteiger partial charge in [0.05, 0.1) is 19.3 Å². The summed E-state index contributed by atoms with van der Waals surface area (Å²) in [6, 6.07) is 7.61. The summed E-state index contributed by atoms with van der Waals surface area (Å²) in [5.41, 5.74) is 1.08. The van der Waals surface area contributed by atoms with Crippen molar-refractivity contribution >= 4 is 23.4 Å². The monoisotopic (exact) mass is 358 g/mol. The van der Waals surface area contributed by atoms with Crippen molar-refractivity contribution in [2.75, 3.05) is 18.1 Å². The maximum atomic E-state index is 9.90. The fourth-order valence-electron chi connectivity index (χ4n) is 2.32. The second kappa shape index (κ2) is 14.2. The Morgan fingerprint density at radius 1 is 1.04 bits per heavy atom. The predicted octanol–water partition coefficient (Wildman–Crippen LogP) is 5.70. The van der Waals surface area contributed by atoms with Gasteiger partial charge in [-0.3, -0.25) is 0 Å². The van der Waals surface area contributed by atoms with Crippen LogP contribution in [0.4, 0.5) is 0 Å². The summed E-state index contributed by atoms with van der Waals surface area (Å²) >= 11 is 7.67. The van der Waals surface area contributed by atoms with Crippen molar-refractivity contribution in [2.45, 2.75) is 64.6 Å². The van der Waals surface area contributed by atoms with Gasteiger partial charge in [0.25, 0.3) is 0 Å². The molecule has 1 aromatic rings. The molecule has 1 rings (SSSR count). The molecule has 2 nitrogen and oxygen atoms in total. The molecule has 0 heterocycles. The van der Waals surface area contributed by atoms with Crippen molar-refractivity contribution in [3.8, 4) is 0 Å². The first-order valence-electron chi connectivity index (χ1n) is 8.80. The van der Waals surface area contributed by atoms with E-state index in [0.717, 1.165) is 22.1 Å². The molecule has 132 valence electrons. The highest BCUT2D eigenvalue weighted by Crippen LogP contribution is 2.13. The summed E-state index contributed by atoms with van der Waals surface area (Å²) in [6.07, 6.45) is 9.00. The Morgan fingerprint density at radius 3 is 2.39 bits per heavy atom. The first-order chi connectivity index (χ1) is 11.2. The molecule has 0 saturated carbocycles. The van der Waals surface area contributed by atoms with E-state index in [2.05, 4.69) is 6.92 Å². The lowest BCUT2D eigenvalue weighted by atomic mass is 10.1. The highest BCUT2D eigenvalue weighted by molar-refractivity contribution is 7.99. The Labute approximate surface area is 151 Å². The van der Waals surface area contributed by atoms with Crippen LogP contribution in [0.1, 0.15) is 57.4 Å². The smallest absolute Gasteiger partial charge is 0.0863 e. The van der Waals surface area contributed by atoms with Crippen LogP contribution < -0.4 is 0 Å². The zero-order valence-electron chi connectivity index (χ0n) is 14.3. The van der Waals surface area contributed by atoms with Crippen LogP contribution in [0.3, 0.4) is 0 Å². The number of rotatable bonds is 14. The van der Waals surface area contributed by atoms with Crippen LogP contribution >= 0.6 is 23.4 Å². The van der Waals surface area contributed by atoms with Gasteiger partial charge in [0, 0.05) is 10.8 Å². The van der Waals surface area contributed by atoms with Gasteiger partial charge in [-0.25, -0.2) is 0 Å². The van der Waals surface area contributed by atoms with E-state index in [9.17, 15) is 5.11 Å². The Bertz CT molecular complexity index is 383. The predicted molar refractivity (Wildman–Crippen MR) is 102 cm³/mol. The molecular formula is C19H31ClO2S. The minimum Gasteiger partial charge on any atom is -0.390 e. The Balaban J connectivity index is 1.90. The lowest BCUT2D eigenvalue weighted by molar-refractivity contribution is 0.0398. The molecule has 0 radical (unpaired) electrons. The highest BCUT2D eigenvalue weighted by atomic mass is 35.5. The van der Waals surface area contributed by atoms with Gasteiger partial charge in [-0.05, 0) is 29.9 Å². The maximum absolute atomic E-state index is 9.90. The van der Waals surface area contributed by atoms with E-state index < -0.39 is 0 Å². The van der Waals surface area contributed by atoms with Gasteiger partial charge in [-0.2, -0.15) is 11.8 Å². The summed E-state index contributed by atoms with van der Waals surface area (Å²) in [7, 11) is 0. The van der Waals surface area contributed by atoms with E-state index in [4.69, 9.17) is 16.3 Å². The van der Waals surface area contributed by atoms with Crippen molar-refractivity contribution in [1.82, 2.24) is 0 Å². The number of benzene rings is 1. The summed E-state index contributed by atoms with van der Waals surface area (Å²) in [4.78, 5) is 0. The molecule has 0 saturated heterocycles. The summed E-state index contributed by atoms with van der Waals surface area (Å²) in [5.74, 6) is 1.90. The molecule has 4 heteroatoms. The van der Waals surface area contributed by atoms with Crippen LogP contribution in [-0.4, -0.2) is 29.3 Å². The van der Waals surface area contributed by atoms with Crippen LogP contribution in [0.2, 0.25) is 5.02 Å². The second-order valence-electron chi connectivity index (χ2n) is 5.99. The van der Waals surface area contributed by atoms with E-state index in [1.807, 2.05) is 36.0 Å². The first-order valence-corrected chi connectivity index (χ1v) is 10.3. The van der Waals surface area contributed by atoms with E-state index >= 15 is 0 Å². The first kappa shape index (κ1) is 20.8. The van der Waals surface area contributed by atoms with E-state index in [0.29, 0.717) is 13.2 Å². The third-order valence-electron chi connectivity index (χ3n) is 3.69. The van der Waals surface area contributed by atoms with E-state index in [-0.39, 0.29) is 6.10 Å². The molecule has 0 bridgehead atoms. The standard InChI is InChI=1S/C19H31ClO2S/c1-2-3-4-5-6-7-8-13-23-16-19(21)15-22-14-17-9-11-18(20)12-10-17/h9-12,19,21H,2-8,13-16H2,1H3. The third-order valence-corrected chi connectivity index (χ3v) is 5.14. The fraction of sp³-hybridized carbons (Fsp3) is 0.684. The number of ether oxygens (including phenoxy) is 1. The molecule has 1 N–H and O–H groups in total.